The Morgan fingerprint density at radius 2 is 1.18 bits per heavy atom. The summed E-state index contributed by atoms with van der Waals surface area (Å²) in [4.78, 5) is 214. The van der Waals surface area contributed by atoms with Gasteiger partial charge in [-0.25, -0.2) is 4.79 Å². The molecule has 37 heteroatoms. The summed E-state index contributed by atoms with van der Waals surface area (Å²) < 4.78 is 11.3. The van der Waals surface area contributed by atoms with Gasteiger partial charge in [0, 0.05) is 58.3 Å². The number of phenols is 1. The van der Waals surface area contributed by atoms with E-state index >= 15 is 9.59 Å². The normalized spacial score (nSPS) is 24.2. The minimum atomic E-state index is -2.31. The molecule has 0 spiro atoms. The van der Waals surface area contributed by atoms with Crippen LogP contribution in [0.15, 0.2) is 103 Å². The molecule has 13 atom stereocenters. The Balaban J connectivity index is 1.36. The summed E-state index contributed by atoms with van der Waals surface area (Å²) in [7, 11) is 0. The van der Waals surface area contributed by atoms with Crippen molar-refractivity contribution >= 4 is 117 Å². The molecule has 556 valence electrons. The summed E-state index contributed by atoms with van der Waals surface area (Å²) >= 11 is 0. The second kappa shape index (κ2) is 36.4. The quantitative estimate of drug-likeness (QED) is 0.0199. The lowest BCUT2D eigenvalue weighted by molar-refractivity contribution is -0.150. The number of aromatic hydroxyl groups is 1. The van der Waals surface area contributed by atoms with Crippen molar-refractivity contribution in [2.45, 2.75) is 151 Å². The number of rotatable bonds is 21. The number of ether oxygens (including phenoxy) is 2. The van der Waals surface area contributed by atoms with Gasteiger partial charge in [-0.2, -0.15) is 0 Å². The van der Waals surface area contributed by atoms with E-state index in [0.29, 0.717) is 34.6 Å². The van der Waals surface area contributed by atoms with Crippen LogP contribution in [-0.4, -0.2) is 221 Å². The third-order valence-corrected chi connectivity index (χ3v) is 16.4. The minimum absolute atomic E-state index is 0.171. The van der Waals surface area contributed by atoms with Crippen LogP contribution in [0.4, 0.5) is 0 Å². The fraction of sp³-hybridized carbons (Fsp3) is 0.388. The van der Waals surface area contributed by atoms with E-state index in [1.807, 2.05) is 6.92 Å². The number of fused-ring (bicyclic) bond motifs is 2. The smallest absolute Gasteiger partial charge is 0.355 e. The number of carboxylic acids is 4. The number of aliphatic carboxylic acids is 4. The van der Waals surface area contributed by atoms with Crippen LogP contribution in [-0.2, 0) is 87.8 Å². The van der Waals surface area contributed by atoms with Crippen molar-refractivity contribution in [1.29, 1.82) is 0 Å². The van der Waals surface area contributed by atoms with Gasteiger partial charge in [0.15, 0.2) is 6.10 Å². The van der Waals surface area contributed by atoms with Crippen LogP contribution in [0.3, 0.4) is 0 Å². The molecule has 0 bridgehead atoms. The van der Waals surface area contributed by atoms with E-state index in [-0.39, 0.29) is 28.1 Å². The van der Waals surface area contributed by atoms with Gasteiger partial charge >= 0.3 is 29.8 Å². The number of H-pyrrole nitrogens is 2. The van der Waals surface area contributed by atoms with Crippen LogP contribution >= 0.6 is 0 Å². The SMILES string of the molecule is C=C1CNC(=O)[C@H](CC(=O)O)NC(=O)[C@@H](c2ccc(O)cc2)NC(=O)[C@H](CC(=O)O)NC(=O)[C@H](CC(=O)O)NC(=O)[C@@H](Cc2c[nH]c3ccccc23)NC(=O)[C@@H](NC(=O)C(CO)NC(=O)C2OC2CCC)[C@@H](C)OC(=O)/C(=C\c2c[nH]c3ccccc23)NC(=O)[C@H](CCC(=O)O)NC(=O)C([C@@H](C)O)N1. The first-order chi connectivity index (χ1) is 49.3. The van der Waals surface area contributed by atoms with E-state index in [4.69, 9.17) is 9.47 Å². The van der Waals surface area contributed by atoms with Gasteiger partial charge < -0.3 is 114 Å². The zero-order chi connectivity index (χ0) is 76.2. The predicted octanol–water partition coefficient (Wildman–Crippen LogP) is -2.93. The highest BCUT2D eigenvalue weighted by atomic mass is 16.6. The van der Waals surface area contributed by atoms with Gasteiger partial charge in [-0.1, -0.05) is 68.5 Å². The van der Waals surface area contributed by atoms with Gasteiger partial charge in [-0.05, 0) is 68.2 Å². The summed E-state index contributed by atoms with van der Waals surface area (Å²) in [5.74, 6) is -22.0. The van der Waals surface area contributed by atoms with E-state index in [0.717, 1.165) is 44.2 Å². The summed E-state index contributed by atoms with van der Waals surface area (Å²) in [5.41, 5.74) is 0.0417. The largest absolute Gasteiger partial charge is 0.508 e. The number of carboxylic acid groups (broad SMARTS) is 4. The molecule has 2 aliphatic heterocycles. The molecule has 4 unspecified atom stereocenters. The van der Waals surface area contributed by atoms with Crippen molar-refractivity contribution in [1.82, 2.24) is 68.5 Å². The molecule has 2 saturated heterocycles. The maximum Gasteiger partial charge on any atom is 0.355 e. The van der Waals surface area contributed by atoms with E-state index in [1.165, 1.54) is 12.4 Å². The number of aromatic amines is 2. The molecule has 7 rings (SSSR count). The second-order valence-electron chi connectivity index (χ2n) is 24.4. The maximum atomic E-state index is 15.3. The Labute approximate surface area is 590 Å². The first-order valence-corrected chi connectivity index (χ1v) is 32.4. The third kappa shape index (κ3) is 22.1. The number of aliphatic hydroxyl groups excluding tert-OH is 2. The summed E-state index contributed by atoms with van der Waals surface area (Å²) in [6, 6.07) is -1.44. The lowest BCUT2D eigenvalue weighted by atomic mass is 10.0. The molecule has 0 radical (unpaired) electrons. The maximum absolute atomic E-state index is 15.3. The number of carbonyl (C=O) groups is 15. The molecule has 0 aliphatic carbocycles. The number of esters is 1. The van der Waals surface area contributed by atoms with Crippen molar-refractivity contribution < 1.29 is 117 Å². The monoisotopic (exact) mass is 1450 g/mol. The number of phenolic OH excluding ortho intramolecular Hbond substituents is 1. The number of cyclic esters (lactones) is 1. The lowest BCUT2D eigenvalue weighted by Crippen LogP contribution is -2.62. The Morgan fingerprint density at radius 3 is 1.78 bits per heavy atom. The van der Waals surface area contributed by atoms with Gasteiger partial charge in [0.1, 0.15) is 71.9 Å². The number of hydrogen-bond acceptors (Lipinski definition) is 21. The first-order valence-electron chi connectivity index (χ1n) is 32.4. The highest BCUT2D eigenvalue weighted by Crippen LogP contribution is 2.27. The van der Waals surface area contributed by atoms with Crippen LogP contribution < -0.4 is 58.5 Å². The fourth-order valence-corrected chi connectivity index (χ4v) is 11.0. The topological polar surface area (TPSA) is 583 Å². The number of benzene rings is 3. The van der Waals surface area contributed by atoms with Crippen molar-refractivity contribution in [3.8, 4) is 5.75 Å². The van der Waals surface area contributed by atoms with Crippen LogP contribution in [0.25, 0.3) is 27.9 Å². The van der Waals surface area contributed by atoms with Gasteiger partial charge in [-0.15, -0.1) is 0 Å². The van der Waals surface area contributed by atoms with E-state index in [1.54, 1.807) is 48.5 Å². The average molecular weight is 1450 g/mol. The first kappa shape index (κ1) is 79.1. The van der Waals surface area contributed by atoms with Crippen molar-refractivity contribution in [2.75, 3.05) is 13.2 Å². The molecule has 20 N–H and O–H groups in total. The highest BCUT2D eigenvalue weighted by molar-refractivity contribution is 6.04. The number of hydrogen-bond donors (Lipinski definition) is 20. The van der Waals surface area contributed by atoms with Gasteiger partial charge in [0.25, 0.3) is 5.91 Å². The van der Waals surface area contributed by atoms with Crippen molar-refractivity contribution in [3.63, 3.8) is 0 Å². The van der Waals surface area contributed by atoms with E-state index in [9.17, 15) is 98.1 Å². The van der Waals surface area contributed by atoms with Crippen LogP contribution in [0.1, 0.15) is 88.4 Å². The molecular formula is C67H79N13O24. The zero-order valence-corrected chi connectivity index (χ0v) is 56.0. The average Bonchev–Trinajstić information content (AvgIpc) is 1.59. The molecule has 0 saturated carbocycles. The second-order valence-corrected chi connectivity index (χ2v) is 24.4. The molecule has 2 aromatic heterocycles. The Morgan fingerprint density at radius 1 is 0.635 bits per heavy atom. The van der Waals surface area contributed by atoms with Gasteiger partial charge in [-0.3, -0.25) is 67.1 Å². The Hall–Kier alpha value is -12.3. The molecule has 2 fully saturated rings. The molecule has 5 aromatic rings. The Bertz CT molecular complexity index is 4130. The third-order valence-electron chi connectivity index (χ3n) is 16.4. The molecule has 37 nitrogen and oxygen atoms in total. The predicted molar refractivity (Wildman–Crippen MR) is 360 cm³/mol. The molecule has 10 amide bonds. The van der Waals surface area contributed by atoms with Crippen LogP contribution in [0.2, 0.25) is 0 Å². The standard InChI is InChI=1S/C67H79N13O24/c1-5-10-48-56(104-48)66(101)78-47(29-81)62(97)79-54-32(4)103-67(102)46(22-35-28-69-40-14-9-7-12-38(35)40)77-58(93)41(19-20-49(84)85)72-63(98)53(31(3)82)71-30(2)26-70-57(92)43(23-50(86)87)76-65(100)55(33-15-17-36(83)18-16-33)80-61(96)45(25-52(90)91)74-60(95)44(24-51(88)89)73-59(94)42(75-64(54)99)21-34-27-68-39-13-8-6-11-37(34)39/h6-9,11-18,22,27-28,31-32,41-45,47-48,53-56,68-69,71,81-83H,2,5,10,19-21,23-26,29H2,1,3-4H3,(H,70,92)(H,72,98)(H,73,94)(H,74,95)(H,75,99)(H,76,100)(H,77,93)(H,78,101)(H,79,97)(H,80,96)(H,84,85)(H,86,87)(H,88,89)(H,90,91)/b46-22+/t31-,32-,41+,42-,43+,44+,45+,47?,48?,53?,54+,55-,56?/m1/s1. The molecular weight excluding hydrogens is 1370 g/mol. The van der Waals surface area contributed by atoms with Gasteiger partial charge in [0.05, 0.1) is 44.6 Å². The fourth-order valence-electron chi connectivity index (χ4n) is 11.0. The van der Waals surface area contributed by atoms with Gasteiger partial charge in [0.2, 0.25) is 53.2 Å². The molecule has 3 aromatic carbocycles. The molecule has 4 heterocycles. The number of aliphatic hydroxyl groups is 2. The Kier molecular flexibility index (Phi) is 27.7. The van der Waals surface area contributed by atoms with Crippen LogP contribution in [0, 0.1) is 0 Å². The summed E-state index contributed by atoms with van der Waals surface area (Å²) in [5, 5.41) is 97.7. The van der Waals surface area contributed by atoms with Crippen LogP contribution in [0.5, 0.6) is 5.75 Å². The lowest BCUT2D eigenvalue weighted by Gasteiger charge is -2.29. The number of nitrogens with one attached hydrogen (secondary N) is 13. The minimum Gasteiger partial charge on any atom is -0.508 e. The van der Waals surface area contributed by atoms with E-state index in [2.05, 4.69) is 75.0 Å². The molecule has 104 heavy (non-hydrogen) atoms. The zero-order valence-electron chi connectivity index (χ0n) is 56.0. The summed E-state index contributed by atoms with van der Waals surface area (Å²) in [6.45, 7) is 5.83. The number of epoxide rings is 1. The summed E-state index contributed by atoms with van der Waals surface area (Å²) in [6.07, 6.45) is -6.39. The van der Waals surface area contributed by atoms with Crippen molar-refractivity contribution in [2.24, 2.45) is 0 Å². The number of para-hydroxylation sites is 2. The molecule has 2 aliphatic rings. The van der Waals surface area contributed by atoms with E-state index < -0.39 is 225 Å². The number of amides is 10. The van der Waals surface area contributed by atoms with Crippen molar-refractivity contribution in [3.05, 3.63) is 120 Å². The number of aromatic nitrogens is 2. The number of carbonyl (C=O) groups excluding carboxylic acids is 11. The highest BCUT2D eigenvalue weighted by Gasteiger charge is 2.46.